The lowest BCUT2D eigenvalue weighted by atomic mass is 9.94. The van der Waals surface area contributed by atoms with Gasteiger partial charge in [-0.1, -0.05) is 11.8 Å². The van der Waals surface area contributed by atoms with Gasteiger partial charge >= 0.3 is 5.97 Å². The largest absolute Gasteiger partial charge is 0.468 e. The van der Waals surface area contributed by atoms with Crippen molar-refractivity contribution < 1.29 is 19.1 Å². The van der Waals surface area contributed by atoms with Crippen molar-refractivity contribution in [1.29, 1.82) is 0 Å². The first kappa shape index (κ1) is 15.3. The van der Waals surface area contributed by atoms with Gasteiger partial charge in [0.1, 0.15) is 0 Å². The number of aromatic amines is 1. The molecule has 2 aliphatic heterocycles. The van der Waals surface area contributed by atoms with Gasteiger partial charge in [0.05, 0.1) is 19.2 Å². The average molecular weight is 322 g/mol. The van der Waals surface area contributed by atoms with Crippen LogP contribution in [0.15, 0.2) is 18.3 Å². The second-order valence-corrected chi connectivity index (χ2v) is 6.55. The van der Waals surface area contributed by atoms with E-state index in [0.717, 1.165) is 19.4 Å². The van der Waals surface area contributed by atoms with E-state index in [4.69, 9.17) is 4.74 Å². The van der Waals surface area contributed by atoms with E-state index in [1.54, 1.807) is 18.3 Å². The van der Waals surface area contributed by atoms with Gasteiger partial charge in [0.2, 0.25) is 5.12 Å². The number of nitrogens with zero attached hydrogens (tertiary/aromatic N) is 1. The highest BCUT2D eigenvalue weighted by molar-refractivity contribution is 8.13. The lowest BCUT2D eigenvalue weighted by molar-refractivity contribution is -0.147. The third-order valence-electron chi connectivity index (χ3n) is 4.33. The van der Waals surface area contributed by atoms with Crippen LogP contribution in [0.3, 0.4) is 0 Å². The third kappa shape index (κ3) is 2.59. The monoisotopic (exact) mass is 322 g/mol. The molecule has 1 aromatic heterocycles. The molecule has 22 heavy (non-hydrogen) atoms. The summed E-state index contributed by atoms with van der Waals surface area (Å²) in [5.41, 5.74) is 0.537. The molecule has 0 amide bonds. The number of hydrogen-bond donors (Lipinski definition) is 1. The highest BCUT2D eigenvalue weighted by Gasteiger charge is 2.46. The number of aromatic nitrogens is 1. The Balaban J connectivity index is 1.87. The number of carbonyl (C=O) groups is 3. The van der Waals surface area contributed by atoms with Gasteiger partial charge < -0.3 is 9.72 Å². The molecule has 2 saturated heterocycles. The SMILES string of the molecule is COC(=O)C(C(=O)C1CSC(=O)C2CCCN21)c1ccc[nH]1. The van der Waals surface area contributed by atoms with Crippen LogP contribution in [-0.2, 0) is 19.1 Å². The Morgan fingerprint density at radius 3 is 3.00 bits per heavy atom. The quantitative estimate of drug-likeness (QED) is 0.657. The fraction of sp³-hybridized carbons (Fsp3) is 0.533. The van der Waals surface area contributed by atoms with Crippen molar-refractivity contribution in [3.8, 4) is 0 Å². The topological polar surface area (TPSA) is 79.5 Å². The van der Waals surface area contributed by atoms with Gasteiger partial charge in [-0.25, -0.2) is 0 Å². The number of carbonyl (C=O) groups excluding carboxylic acids is 3. The van der Waals surface area contributed by atoms with Gasteiger partial charge in [-0.05, 0) is 31.5 Å². The Hall–Kier alpha value is -1.60. The van der Waals surface area contributed by atoms with E-state index in [9.17, 15) is 14.4 Å². The van der Waals surface area contributed by atoms with E-state index in [0.29, 0.717) is 11.4 Å². The minimum Gasteiger partial charge on any atom is -0.468 e. The van der Waals surface area contributed by atoms with Crippen LogP contribution in [-0.4, -0.2) is 58.2 Å². The molecule has 7 heteroatoms. The number of H-pyrrole nitrogens is 1. The predicted molar refractivity (Wildman–Crippen MR) is 81.5 cm³/mol. The van der Waals surface area contributed by atoms with Crippen molar-refractivity contribution in [2.75, 3.05) is 19.4 Å². The maximum absolute atomic E-state index is 13.0. The van der Waals surface area contributed by atoms with Gasteiger partial charge in [0, 0.05) is 17.6 Å². The first-order valence-electron chi connectivity index (χ1n) is 7.30. The molecular weight excluding hydrogens is 304 g/mol. The Labute approximate surface area is 132 Å². The van der Waals surface area contributed by atoms with Gasteiger partial charge in [0.15, 0.2) is 11.7 Å². The molecular formula is C15H18N2O4S. The number of methoxy groups -OCH3 is 1. The fourth-order valence-electron chi connectivity index (χ4n) is 3.24. The highest BCUT2D eigenvalue weighted by atomic mass is 32.2. The molecule has 3 heterocycles. The molecule has 0 radical (unpaired) electrons. The number of rotatable bonds is 4. The maximum atomic E-state index is 13.0. The molecule has 3 rings (SSSR count). The molecule has 1 aromatic rings. The van der Waals surface area contributed by atoms with Crippen molar-refractivity contribution in [2.24, 2.45) is 0 Å². The molecule has 0 spiro atoms. The van der Waals surface area contributed by atoms with Crippen LogP contribution in [0.1, 0.15) is 24.5 Å². The van der Waals surface area contributed by atoms with Crippen LogP contribution in [0.5, 0.6) is 0 Å². The summed E-state index contributed by atoms with van der Waals surface area (Å²) in [6.45, 7) is 0.728. The molecule has 3 atom stereocenters. The number of nitrogens with one attached hydrogen (secondary N) is 1. The number of thioether (sulfide) groups is 1. The van der Waals surface area contributed by atoms with Crippen molar-refractivity contribution in [2.45, 2.75) is 30.8 Å². The Kier molecular flexibility index (Phi) is 4.35. The van der Waals surface area contributed by atoms with E-state index in [1.165, 1.54) is 18.9 Å². The van der Waals surface area contributed by atoms with E-state index in [1.807, 2.05) is 4.90 Å². The smallest absolute Gasteiger partial charge is 0.322 e. The number of Topliss-reactive ketones (excluding diaryl/α,β-unsaturated/α-hetero) is 1. The number of ether oxygens (including phenoxy) is 1. The molecule has 2 aliphatic rings. The van der Waals surface area contributed by atoms with Gasteiger partial charge in [0.25, 0.3) is 0 Å². The van der Waals surface area contributed by atoms with Crippen LogP contribution in [0, 0.1) is 0 Å². The summed E-state index contributed by atoms with van der Waals surface area (Å²) in [5, 5.41) is 0.135. The van der Waals surface area contributed by atoms with Crippen LogP contribution < -0.4 is 0 Å². The number of fused-ring (bicyclic) bond motifs is 1. The highest BCUT2D eigenvalue weighted by Crippen LogP contribution is 2.34. The lowest BCUT2D eigenvalue weighted by Crippen LogP contribution is -2.53. The zero-order chi connectivity index (χ0) is 15.7. The summed E-state index contributed by atoms with van der Waals surface area (Å²) in [6, 6.07) is 2.86. The Bertz CT molecular complexity index is 586. The molecule has 3 unspecified atom stereocenters. The summed E-state index contributed by atoms with van der Waals surface area (Å²) in [5.74, 6) is -1.31. The number of hydrogen-bond acceptors (Lipinski definition) is 6. The fourth-order valence-corrected chi connectivity index (χ4v) is 4.37. The first-order valence-corrected chi connectivity index (χ1v) is 8.29. The van der Waals surface area contributed by atoms with Crippen LogP contribution >= 0.6 is 11.8 Å². The van der Waals surface area contributed by atoms with Crippen molar-refractivity contribution in [3.63, 3.8) is 0 Å². The lowest BCUT2D eigenvalue weighted by Gasteiger charge is -2.36. The van der Waals surface area contributed by atoms with Crippen molar-refractivity contribution in [3.05, 3.63) is 24.0 Å². The zero-order valence-corrected chi connectivity index (χ0v) is 13.1. The van der Waals surface area contributed by atoms with Gasteiger partial charge in [-0.3, -0.25) is 19.3 Å². The average Bonchev–Trinajstić information content (AvgIpc) is 3.19. The zero-order valence-electron chi connectivity index (χ0n) is 12.3. The second kappa shape index (κ2) is 6.26. The first-order chi connectivity index (χ1) is 10.6. The van der Waals surface area contributed by atoms with Gasteiger partial charge in [-0.15, -0.1) is 0 Å². The summed E-state index contributed by atoms with van der Waals surface area (Å²) in [7, 11) is 1.28. The maximum Gasteiger partial charge on any atom is 0.322 e. The standard InChI is InChI=1S/C15H18N2O4S/c1-21-14(19)12(9-4-2-6-16-9)13(18)11-8-22-15(20)10-5-3-7-17(10)11/h2,4,6,10-12,16H,3,5,7-8H2,1H3. The number of ketones is 1. The summed E-state index contributed by atoms with van der Waals surface area (Å²) in [6.07, 6.45) is 3.38. The van der Waals surface area contributed by atoms with E-state index in [-0.39, 0.29) is 16.9 Å². The Morgan fingerprint density at radius 1 is 1.50 bits per heavy atom. The van der Waals surface area contributed by atoms with E-state index >= 15 is 0 Å². The Morgan fingerprint density at radius 2 is 2.32 bits per heavy atom. The van der Waals surface area contributed by atoms with Crippen LogP contribution in [0.4, 0.5) is 0 Å². The van der Waals surface area contributed by atoms with Crippen LogP contribution in [0.2, 0.25) is 0 Å². The second-order valence-electron chi connectivity index (χ2n) is 5.53. The van der Waals surface area contributed by atoms with Crippen molar-refractivity contribution in [1.82, 2.24) is 9.88 Å². The molecule has 118 valence electrons. The minimum atomic E-state index is -0.958. The third-order valence-corrected chi connectivity index (χ3v) is 5.37. The van der Waals surface area contributed by atoms with E-state index in [2.05, 4.69) is 4.98 Å². The molecule has 0 aliphatic carbocycles. The molecule has 0 bridgehead atoms. The molecule has 1 N–H and O–H groups in total. The van der Waals surface area contributed by atoms with E-state index < -0.39 is 17.9 Å². The van der Waals surface area contributed by atoms with Crippen molar-refractivity contribution >= 4 is 28.6 Å². The summed E-state index contributed by atoms with van der Waals surface area (Å²) >= 11 is 1.20. The summed E-state index contributed by atoms with van der Waals surface area (Å²) in [4.78, 5) is 41.9. The molecule has 6 nitrogen and oxygen atoms in total. The molecule has 0 aromatic carbocycles. The van der Waals surface area contributed by atoms with Crippen LogP contribution in [0.25, 0.3) is 0 Å². The summed E-state index contributed by atoms with van der Waals surface area (Å²) < 4.78 is 4.81. The predicted octanol–water partition coefficient (Wildman–Crippen LogP) is 0.947. The number of esters is 1. The molecule has 2 fully saturated rings. The minimum absolute atomic E-state index is 0.135. The van der Waals surface area contributed by atoms with Gasteiger partial charge in [-0.2, -0.15) is 0 Å². The molecule has 0 saturated carbocycles. The normalized spacial score (nSPS) is 26.5.